The van der Waals surface area contributed by atoms with E-state index in [0.29, 0.717) is 28.8 Å². The molecule has 0 aliphatic rings. The molecular formula is C18H18Cl2FN3OS. The lowest BCUT2D eigenvalue weighted by Crippen LogP contribution is -2.36. The van der Waals surface area contributed by atoms with E-state index in [1.807, 2.05) is 31.1 Å². The summed E-state index contributed by atoms with van der Waals surface area (Å²) < 4.78 is 14.1. The number of likely N-dealkylation sites (N-methyl/N-ethyl adjacent to an activating group) is 1. The highest BCUT2D eigenvalue weighted by Gasteiger charge is 2.21. The molecule has 26 heavy (non-hydrogen) atoms. The highest BCUT2D eigenvalue weighted by molar-refractivity contribution is 7.22. The van der Waals surface area contributed by atoms with Crippen LogP contribution in [-0.2, 0) is 0 Å². The smallest absolute Gasteiger partial charge is 0.260 e. The summed E-state index contributed by atoms with van der Waals surface area (Å²) in [4.78, 5) is 21.1. The van der Waals surface area contributed by atoms with Crippen molar-refractivity contribution in [3.8, 4) is 0 Å². The summed E-state index contributed by atoms with van der Waals surface area (Å²) in [6.45, 7) is 1.17. The number of carbonyl (C=O) groups excluding carboxylic acids is 1. The summed E-state index contributed by atoms with van der Waals surface area (Å²) >= 11 is 7.45. The average Bonchev–Trinajstić information content (AvgIpc) is 2.98. The number of rotatable bonds is 5. The van der Waals surface area contributed by atoms with Gasteiger partial charge in [-0.15, -0.1) is 12.4 Å². The molecule has 1 amide bonds. The molecular weight excluding hydrogens is 396 g/mol. The molecule has 0 spiro atoms. The van der Waals surface area contributed by atoms with Gasteiger partial charge in [-0.1, -0.05) is 22.9 Å². The second-order valence-corrected chi connectivity index (χ2v) is 7.32. The first-order valence-electron chi connectivity index (χ1n) is 7.72. The molecule has 0 aliphatic carbocycles. The Kier molecular flexibility index (Phi) is 6.94. The molecule has 0 aliphatic heterocycles. The normalized spacial score (nSPS) is 10.8. The lowest BCUT2D eigenvalue weighted by Gasteiger charge is -2.22. The van der Waals surface area contributed by atoms with E-state index in [1.165, 1.54) is 35.6 Å². The molecule has 0 saturated carbocycles. The first-order valence-corrected chi connectivity index (χ1v) is 8.92. The van der Waals surface area contributed by atoms with E-state index < -0.39 is 0 Å². The summed E-state index contributed by atoms with van der Waals surface area (Å²) in [6, 6.07) is 11.0. The SMILES string of the molecule is CN(C)CCN(C(=O)c1ccc(F)cc1)c1nc2ccc(Cl)cc2s1.Cl. The van der Waals surface area contributed by atoms with Gasteiger partial charge in [0.25, 0.3) is 5.91 Å². The average molecular weight is 414 g/mol. The van der Waals surface area contributed by atoms with Gasteiger partial charge in [-0.05, 0) is 56.6 Å². The van der Waals surface area contributed by atoms with E-state index in [9.17, 15) is 9.18 Å². The van der Waals surface area contributed by atoms with E-state index in [-0.39, 0.29) is 24.1 Å². The van der Waals surface area contributed by atoms with Crippen LogP contribution in [0, 0.1) is 5.82 Å². The summed E-state index contributed by atoms with van der Waals surface area (Å²) in [5.74, 6) is -0.571. The van der Waals surface area contributed by atoms with Gasteiger partial charge in [0.2, 0.25) is 0 Å². The first kappa shape index (κ1) is 20.6. The summed E-state index contributed by atoms with van der Waals surface area (Å²) in [6.07, 6.45) is 0. The Labute approximate surface area is 166 Å². The first-order chi connectivity index (χ1) is 11.9. The molecule has 0 bridgehead atoms. The number of benzene rings is 2. The molecule has 2 aromatic carbocycles. The number of carbonyl (C=O) groups is 1. The molecule has 0 N–H and O–H groups in total. The summed E-state index contributed by atoms with van der Waals surface area (Å²) in [7, 11) is 3.89. The van der Waals surface area contributed by atoms with E-state index >= 15 is 0 Å². The van der Waals surface area contributed by atoms with Crippen molar-refractivity contribution in [1.29, 1.82) is 0 Å². The monoisotopic (exact) mass is 413 g/mol. The van der Waals surface area contributed by atoms with E-state index in [2.05, 4.69) is 4.98 Å². The minimum atomic E-state index is -0.369. The Balaban J connectivity index is 0.00000243. The number of halogens is 3. The number of aromatic nitrogens is 1. The number of amides is 1. The molecule has 0 atom stereocenters. The van der Waals surface area contributed by atoms with Crippen LogP contribution >= 0.6 is 35.3 Å². The quantitative estimate of drug-likeness (QED) is 0.606. The van der Waals surface area contributed by atoms with Gasteiger partial charge in [0, 0.05) is 23.7 Å². The zero-order valence-electron chi connectivity index (χ0n) is 14.3. The van der Waals surface area contributed by atoms with E-state index in [1.54, 1.807) is 11.0 Å². The van der Waals surface area contributed by atoms with Crippen molar-refractivity contribution in [2.45, 2.75) is 0 Å². The van der Waals surface area contributed by atoms with Crippen LogP contribution in [0.1, 0.15) is 10.4 Å². The van der Waals surface area contributed by atoms with E-state index in [0.717, 1.165) is 10.2 Å². The fraction of sp³-hybridized carbons (Fsp3) is 0.222. The molecule has 4 nitrogen and oxygen atoms in total. The summed E-state index contributed by atoms with van der Waals surface area (Å²) in [5.41, 5.74) is 1.23. The van der Waals surface area contributed by atoms with Crippen LogP contribution < -0.4 is 4.90 Å². The minimum absolute atomic E-state index is 0. The summed E-state index contributed by atoms with van der Waals surface area (Å²) in [5, 5.41) is 1.24. The molecule has 0 radical (unpaired) electrons. The fourth-order valence-corrected chi connectivity index (χ4v) is 3.60. The van der Waals surface area contributed by atoms with Crippen molar-refractivity contribution in [3.63, 3.8) is 0 Å². The van der Waals surface area contributed by atoms with Gasteiger partial charge in [-0.2, -0.15) is 0 Å². The maximum atomic E-state index is 13.2. The number of fused-ring (bicyclic) bond motifs is 1. The van der Waals surface area contributed by atoms with E-state index in [4.69, 9.17) is 11.6 Å². The molecule has 0 unspecified atom stereocenters. The zero-order chi connectivity index (χ0) is 18.0. The van der Waals surface area contributed by atoms with Crippen molar-refractivity contribution < 1.29 is 9.18 Å². The van der Waals surface area contributed by atoms with Crippen molar-refractivity contribution in [2.24, 2.45) is 0 Å². The van der Waals surface area contributed by atoms with Gasteiger partial charge >= 0.3 is 0 Å². The van der Waals surface area contributed by atoms with Crippen LogP contribution in [0.5, 0.6) is 0 Å². The molecule has 0 saturated heterocycles. The van der Waals surface area contributed by atoms with Crippen molar-refractivity contribution in [1.82, 2.24) is 9.88 Å². The zero-order valence-corrected chi connectivity index (χ0v) is 16.7. The van der Waals surface area contributed by atoms with Gasteiger partial charge in [-0.25, -0.2) is 9.37 Å². The highest BCUT2D eigenvalue weighted by atomic mass is 35.5. The molecule has 1 aromatic heterocycles. The van der Waals surface area contributed by atoms with Gasteiger partial charge in [0.1, 0.15) is 5.82 Å². The second-order valence-electron chi connectivity index (χ2n) is 5.88. The van der Waals surface area contributed by atoms with Crippen molar-refractivity contribution in [2.75, 3.05) is 32.1 Å². The largest absolute Gasteiger partial charge is 0.308 e. The predicted octanol–water partition coefficient (Wildman–Crippen LogP) is 4.72. The van der Waals surface area contributed by atoms with Crippen LogP contribution in [0.3, 0.4) is 0 Å². The van der Waals surface area contributed by atoms with Crippen molar-refractivity contribution >= 4 is 56.6 Å². The third kappa shape index (κ3) is 4.71. The maximum absolute atomic E-state index is 13.2. The number of anilines is 1. The third-order valence-electron chi connectivity index (χ3n) is 3.68. The van der Waals surface area contributed by atoms with Crippen LogP contribution in [0.15, 0.2) is 42.5 Å². The molecule has 138 valence electrons. The van der Waals surface area contributed by atoms with Crippen LogP contribution in [0.2, 0.25) is 5.02 Å². The Morgan fingerprint density at radius 3 is 2.50 bits per heavy atom. The van der Waals surface area contributed by atoms with Crippen LogP contribution in [0.25, 0.3) is 10.2 Å². The molecule has 3 aromatic rings. The van der Waals surface area contributed by atoms with Gasteiger partial charge < -0.3 is 4.90 Å². The van der Waals surface area contributed by atoms with Crippen LogP contribution in [-0.4, -0.2) is 43.0 Å². The number of hydrogen-bond donors (Lipinski definition) is 0. The Bertz CT molecular complexity index is 899. The van der Waals surface area contributed by atoms with Gasteiger partial charge in [0.05, 0.1) is 10.2 Å². The number of nitrogens with zero attached hydrogens (tertiary/aromatic N) is 3. The molecule has 0 fully saturated rings. The minimum Gasteiger partial charge on any atom is -0.308 e. The van der Waals surface area contributed by atoms with Crippen molar-refractivity contribution in [3.05, 3.63) is 58.9 Å². The molecule has 8 heteroatoms. The molecule has 1 heterocycles. The lowest BCUT2D eigenvalue weighted by molar-refractivity contribution is 0.0985. The third-order valence-corrected chi connectivity index (χ3v) is 4.95. The Hall–Kier alpha value is -1.73. The molecule has 3 rings (SSSR count). The highest BCUT2D eigenvalue weighted by Crippen LogP contribution is 2.31. The maximum Gasteiger partial charge on any atom is 0.260 e. The topological polar surface area (TPSA) is 36.4 Å². The van der Waals surface area contributed by atoms with Gasteiger partial charge in [0.15, 0.2) is 5.13 Å². The fourth-order valence-electron chi connectivity index (χ4n) is 2.33. The predicted molar refractivity (Wildman–Crippen MR) is 109 cm³/mol. The number of hydrogen-bond acceptors (Lipinski definition) is 4. The number of thiazole rings is 1. The lowest BCUT2D eigenvalue weighted by atomic mass is 10.2. The standard InChI is InChI=1S/C18H17ClFN3OS.ClH/c1-22(2)9-10-23(17(24)12-3-6-14(20)7-4-12)18-21-15-8-5-13(19)11-16(15)25-18;/h3-8,11H,9-10H2,1-2H3;1H. The van der Waals surface area contributed by atoms with Gasteiger partial charge in [-0.3, -0.25) is 9.69 Å². The Morgan fingerprint density at radius 1 is 1.15 bits per heavy atom. The van der Waals surface area contributed by atoms with Crippen LogP contribution in [0.4, 0.5) is 9.52 Å². The second kappa shape index (κ2) is 8.77. The Morgan fingerprint density at radius 2 is 1.85 bits per heavy atom.